The van der Waals surface area contributed by atoms with Gasteiger partial charge in [0.05, 0.1) is 13.5 Å². The Hall–Kier alpha value is -0.900. The molecule has 0 fully saturated rings. The maximum Gasteiger partial charge on any atom is 0.310 e. The van der Waals surface area contributed by atoms with Gasteiger partial charge in [-0.25, -0.2) is 4.39 Å². The average Bonchev–Trinajstić information content (AvgIpc) is 2.11. The molecule has 1 rings (SSSR count). The van der Waals surface area contributed by atoms with E-state index >= 15 is 0 Å². The number of halogens is 2. The standard InChI is InChI=1S/C9H8BrFO2/c1-13-9(12)5-6-7(10)3-2-4-8(6)11/h2-4H,5H2,1H3. The Balaban J connectivity index is 2.93. The fourth-order valence-corrected chi connectivity index (χ4v) is 1.40. The molecule has 0 bridgehead atoms. The summed E-state index contributed by atoms with van der Waals surface area (Å²) in [4.78, 5) is 10.9. The second-order valence-electron chi connectivity index (χ2n) is 2.45. The van der Waals surface area contributed by atoms with E-state index in [0.29, 0.717) is 10.0 Å². The number of carbonyl (C=O) groups is 1. The summed E-state index contributed by atoms with van der Waals surface area (Å²) < 4.78 is 18.1. The summed E-state index contributed by atoms with van der Waals surface area (Å²) in [7, 11) is 1.27. The topological polar surface area (TPSA) is 26.3 Å². The minimum absolute atomic E-state index is 0.0518. The fourth-order valence-electron chi connectivity index (χ4n) is 0.918. The first kappa shape index (κ1) is 10.2. The molecule has 70 valence electrons. The third-order valence-corrected chi connectivity index (χ3v) is 2.35. The number of hydrogen-bond donors (Lipinski definition) is 0. The second kappa shape index (κ2) is 4.37. The molecule has 0 unspecified atom stereocenters. The first-order chi connectivity index (χ1) is 6.15. The van der Waals surface area contributed by atoms with Crippen molar-refractivity contribution in [3.8, 4) is 0 Å². The zero-order valence-corrected chi connectivity index (χ0v) is 8.60. The molecule has 2 nitrogen and oxygen atoms in total. The van der Waals surface area contributed by atoms with Crippen molar-refractivity contribution in [2.45, 2.75) is 6.42 Å². The van der Waals surface area contributed by atoms with Gasteiger partial charge in [-0.05, 0) is 12.1 Å². The molecule has 0 aliphatic carbocycles. The van der Waals surface area contributed by atoms with E-state index in [1.807, 2.05) is 0 Å². The van der Waals surface area contributed by atoms with Crippen molar-refractivity contribution in [3.63, 3.8) is 0 Å². The van der Waals surface area contributed by atoms with Crippen LogP contribution in [0.15, 0.2) is 22.7 Å². The molecule has 0 amide bonds. The monoisotopic (exact) mass is 246 g/mol. The lowest BCUT2D eigenvalue weighted by atomic mass is 10.1. The molecule has 4 heteroatoms. The fraction of sp³-hybridized carbons (Fsp3) is 0.222. The summed E-state index contributed by atoms with van der Waals surface area (Å²) in [6.45, 7) is 0. The Labute approximate surface area is 83.8 Å². The molecule has 0 radical (unpaired) electrons. The Morgan fingerprint density at radius 3 is 2.85 bits per heavy atom. The van der Waals surface area contributed by atoms with Gasteiger partial charge in [0.25, 0.3) is 0 Å². The van der Waals surface area contributed by atoms with E-state index in [9.17, 15) is 9.18 Å². The van der Waals surface area contributed by atoms with Gasteiger partial charge in [0, 0.05) is 10.0 Å². The summed E-state index contributed by atoms with van der Waals surface area (Å²) in [6, 6.07) is 4.56. The van der Waals surface area contributed by atoms with Gasteiger partial charge in [-0.2, -0.15) is 0 Å². The first-order valence-corrected chi connectivity index (χ1v) is 4.44. The molecule has 0 heterocycles. The van der Waals surface area contributed by atoms with E-state index in [1.165, 1.54) is 13.2 Å². The normalized spacial score (nSPS) is 9.77. The van der Waals surface area contributed by atoms with Crippen LogP contribution in [0.3, 0.4) is 0 Å². The van der Waals surface area contributed by atoms with E-state index in [-0.39, 0.29) is 6.42 Å². The Kier molecular flexibility index (Phi) is 3.42. The maximum absolute atomic E-state index is 13.1. The molecule has 1 aromatic carbocycles. The van der Waals surface area contributed by atoms with Crippen LogP contribution >= 0.6 is 15.9 Å². The van der Waals surface area contributed by atoms with Gasteiger partial charge in [-0.15, -0.1) is 0 Å². The highest BCUT2D eigenvalue weighted by molar-refractivity contribution is 9.10. The Bertz CT molecular complexity index is 305. The number of carbonyl (C=O) groups excluding carboxylic acids is 1. The predicted molar refractivity (Wildman–Crippen MR) is 49.8 cm³/mol. The molecular weight excluding hydrogens is 239 g/mol. The van der Waals surface area contributed by atoms with Gasteiger partial charge in [0.2, 0.25) is 0 Å². The molecule has 0 aliphatic heterocycles. The van der Waals surface area contributed by atoms with Crippen molar-refractivity contribution < 1.29 is 13.9 Å². The predicted octanol–water partition coefficient (Wildman–Crippen LogP) is 2.30. The largest absolute Gasteiger partial charge is 0.469 e. The highest BCUT2D eigenvalue weighted by Crippen LogP contribution is 2.20. The van der Waals surface area contributed by atoms with Gasteiger partial charge in [-0.3, -0.25) is 4.79 Å². The number of benzene rings is 1. The number of ether oxygens (including phenoxy) is 1. The van der Waals surface area contributed by atoms with Gasteiger partial charge in [0.1, 0.15) is 5.82 Å². The van der Waals surface area contributed by atoms with Crippen LogP contribution in [0.2, 0.25) is 0 Å². The van der Waals surface area contributed by atoms with Crippen molar-refractivity contribution in [1.29, 1.82) is 0 Å². The summed E-state index contributed by atoms with van der Waals surface area (Å²) in [5, 5.41) is 0. The molecule has 13 heavy (non-hydrogen) atoms. The molecule has 0 aliphatic rings. The van der Waals surface area contributed by atoms with Crippen LogP contribution in [0.25, 0.3) is 0 Å². The first-order valence-electron chi connectivity index (χ1n) is 3.65. The third-order valence-electron chi connectivity index (χ3n) is 1.61. The zero-order chi connectivity index (χ0) is 9.84. The number of methoxy groups -OCH3 is 1. The van der Waals surface area contributed by atoms with Crippen LogP contribution in [0.5, 0.6) is 0 Å². The number of rotatable bonds is 2. The summed E-state index contributed by atoms with van der Waals surface area (Å²) in [5.41, 5.74) is 0.328. The average molecular weight is 247 g/mol. The zero-order valence-electron chi connectivity index (χ0n) is 7.01. The Morgan fingerprint density at radius 1 is 1.62 bits per heavy atom. The van der Waals surface area contributed by atoms with Crippen molar-refractivity contribution >= 4 is 21.9 Å². The minimum atomic E-state index is -0.453. The second-order valence-corrected chi connectivity index (χ2v) is 3.31. The van der Waals surface area contributed by atoms with E-state index < -0.39 is 11.8 Å². The van der Waals surface area contributed by atoms with E-state index in [0.717, 1.165) is 0 Å². The SMILES string of the molecule is COC(=O)Cc1c(F)cccc1Br. The van der Waals surface area contributed by atoms with Crippen molar-refractivity contribution in [2.75, 3.05) is 7.11 Å². The van der Waals surface area contributed by atoms with Crippen LogP contribution in [0.1, 0.15) is 5.56 Å². The summed E-state index contributed by atoms with van der Waals surface area (Å²) in [6.07, 6.45) is -0.0518. The molecule has 0 saturated carbocycles. The lowest BCUT2D eigenvalue weighted by Crippen LogP contribution is -2.06. The molecule has 0 aromatic heterocycles. The molecular formula is C9H8BrFO2. The molecule has 0 atom stereocenters. The van der Waals surface area contributed by atoms with Crippen LogP contribution in [0.4, 0.5) is 4.39 Å². The van der Waals surface area contributed by atoms with Crippen LogP contribution in [0, 0.1) is 5.82 Å². The highest BCUT2D eigenvalue weighted by atomic mass is 79.9. The molecule has 0 N–H and O–H groups in total. The quantitative estimate of drug-likeness (QED) is 0.749. The van der Waals surface area contributed by atoms with E-state index in [2.05, 4.69) is 20.7 Å². The van der Waals surface area contributed by atoms with E-state index in [4.69, 9.17) is 0 Å². The Morgan fingerprint density at radius 2 is 2.31 bits per heavy atom. The van der Waals surface area contributed by atoms with Gasteiger partial charge in [-0.1, -0.05) is 22.0 Å². The molecule has 0 spiro atoms. The van der Waals surface area contributed by atoms with E-state index in [1.54, 1.807) is 12.1 Å². The van der Waals surface area contributed by atoms with Crippen LogP contribution in [-0.2, 0) is 16.0 Å². The van der Waals surface area contributed by atoms with Crippen LogP contribution in [-0.4, -0.2) is 13.1 Å². The van der Waals surface area contributed by atoms with Crippen molar-refractivity contribution in [2.24, 2.45) is 0 Å². The van der Waals surface area contributed by atoms with Crippen molar-refractivity contribution in [3.05, 3.63) is 34.1 Å². The highest BCUT2D eigenvalue weighted by Gasteiger charge is 2.10. The van der Waals surface area contributed by atoms with Gasteiger partial charge in [0.15, 0.2) is 0 Å². The van der Waals surface area contributed by atoms with Crippen molar-refractivity contribution in [1.82, 2.24) is 0 Å². The van der Waals surface area contributed by atoms with Gasteiger partial charge < -0.3 is 4.74 Å². The smallest absolute Gasteiger partial charge is 0.310 e. The number of esters is 1. The van der Waals surface area contributed by atoms with Gasteiger partial charge >= 0.3 is 5.97 Å². The molecule has 1 aromatic rings. The molecule has 0 saturated heterocycles. The minimum Gasteiger partial charge on any atom is -0.469 e. The summed E-state index contributed by atoms with van der Waals surface area (Å²) in [5.74, 6) is -0.856. The summed E-state index contributed by atoms with van der Waals surface area (Å²) >= 11 is 3.16. The third kappa shape index (κ3) is 2.52. The maximum atomic E-state index is 13.1. The lowest BCUT2D eigenvalue weighted by molar-refractivity contribution is -0.139. The van der Waals surface area contributed by atoms with Crippen LogP contribution < -0.4 is 0 Å². The number of hydrogen-bond acceptors (Lipinski definition) is 2. The lowest BCUT2D eigenvalue weighted by Gasteiger charge is -2.03.